The van der Waals surface area contributed by atoms with Crippen molar-refractivity contribution in [3.63, 3.8) is 0 Å². The molecule has 0 spiro atoms. The Morgan fingerprint density at radius 1 is 0.917 bits per heavy atom. The van der Waals surface area contributed by atoms with Crippen LogP contribution in [0, 0.1) is 5.82 Å². The number of hydrogen-bond acceptors (Lipinski definition) is 5. The van der Waals surface area contributed by atoms with Gasteiger partial charge in [0.15, 0.2) is 0 Å². The number of anilines is 2. The van der Waals surface area contributed by atoms with Crippen molar-refractivity contribution in [2.24, 2.45) is 0 Å². The highest BCUT2D eigenvalue weighted by Crippen LogP contribution is 2.34. The summed E-state index contributed by atoms with van der Waals surface area (Å²) in [6.07, 6.45) is 1.25. The zero-order valence-electron chi connectivity index (χ0n) is 19.2. The van der Waals surface area contributed by atoms with E-state index in [1.165, 1.54) is 24.4 Å². The van der Waals surface area contributed by atoms with Crippen LogP contribution >= 0.6 is 0 Å². The third-order valence-electron chi connectivity index (χ3n) is 5.01. The predicted molar refractivity (Wildman–Crippen MR) is 130 cm³/mol. The number of carbonyl (C=O) groups excluding carboxylic acids is 1. The average molecular weight is 493 g/mol. The minimum atomic E-state index is -3.85. The van der Waals surface area contributed by atoms with Crippen LogP contribution in [0.2, 0.25) is 0 Å². The van der Waals surface area contributed by atoms with Crippen LogP contribution in [0.1, 0.15) is 22.8 Å². The van der Waals surface area contributed by atoms with E-state index in [-0.39, 0.29) is 17.9 Å². The molecule has 0 saturated heterocycles. The number of halogens is 3. The van der Waals surface area contributed by atoms with Gasteiger partial charge in [-0.05, 0) is 67.6 Å². The van der Waals surface area contributed by atoms with E-state index in [4.69, 9.17) is 9.47 Å². The van der Waals surface area contributed by atoms with Gasteiger partial charge in [-0.15, -0.1) is 0 Å². The topological polar surface area (TPSA) is 72.5 Å². The predicted octanol–water partition coefficient (Wildman–Crippen LogP) is 6.83. The normalized spacial score (nSPS) is 11.0. The molecule has 0 aliphatic heterocycles. The molecular formula is C27H22F3N3O3. The Morgan fingerprint density at radius 3 is 2.31 bits per heavy atom. The first kappa shape index (κ1) is 24.6. The Morgan fingerprint density at radius 2 is 1.61 bits per heavy atom. The first-order chi connectivity index (χ1) is 17.4. The molecule has 2 N–H and O–H groups in total. The Labute approximate surface area is 205 Å². The first-order valence-electron chi connectivity index (χ1n) is 11.0. The molecule has 0 saturated carbocycles. The highest BCUT2D eigenvalue weighted by atomic mass is 19.3. The molecule has 0 bridgehead atoms. The summed E-state index contributed by atoms with van der Waals surface area (Å²) in [6.45, 7) is 1.96. The summed E-state index contributed by atoms with van der Waals surface area (Å²) >= 11 is 0. The van der Waals surface area contributed by atoms with Crippen LogP contribution < -0.4 is 20.1 Å². The van der Waals surface area contributed by atoms with Gasteiger partial charge in [-0.1, -0.05) is 18.2 Å². The van der Waals surface area contributed by atoms with E-state index in [2.05, 4.69) is 10.3 Å². The Hall–Kier alpha value is -4.53. The van der Waals surface area contributed by atoms with Crippen molar-refractivity contribution in [3.05, 3.63) is 108 Å². The molecule has 0 aliphatic carbocycles. The maximum atomic E-state index is 14.9. The summed E-state index contributed by atoms with van der Waals surface area (Å²) in [5.41, 5.74) is -0.635. The van der Waals surface area contributed by atoms with Crippen molar-refractivity contribution in [1.29, 1.82) is 0 Å². The first-order valence-corrected chi connectivity index (χ1v) is 11.0. The SMILES string of the molecule is CCOc1ccc(C(F)(F)Nc2ncccc2C(=O)Nc2ccc(Oc3ccccc3)cc2)c(F)c1. The van der Waals surface area contributed by atoms with Gasteiger partial charge in [0.25, 0.3) is 5.91 Å². The molecule has 0 radical (unpaired) electrons. The molecule has 4 rings (SSSR count). The molecule has 1 aromatic heterocycles. The molecule has 4 aromatic rings. The quantitative estimate of drug-likeness (QED) is 0.250. The molecule has 6 nitrogen and oxygen atoms in total. The van der Waals surface area contributed by atoms with E-state index >= 15 is 0 Å². The number of carbonyl (C=O) groups is 1. The van der Waals surface area contributed by atoms with Crippen LogP contribution in [0.3, 0.4) is 0 Å². The largest absolute Gasteiger partial charge is 0.494 e. The lowest BCUT2D eigenvalue weighted by atomic mass is 10.1. The van der Waals surface area contributed by atoms with Crippen molar-refractivity contribution in [3.8, 4) is 17.2 Å². The van der Waals surface area contributed by atoms with Crippen LogP contribution in [-0.4, -0.2) is 17.5 Å². The number of pyridine rings is 1. The van der Waals surface area contributed by atoms with E-state index in [1.807, 2.05) is 35.6 Å². The molecule has 0 unspecified atom stereocenters. The van der Waals surface area contributed by atoms with Crippen LogP contribution in [0.4, 0.5) is 24.7 Å². The van der Waals surface area contributed by atoms with Gasteiger partial charge >= 0.3 is 6.05 Å². The van der Waals surface area contributed by atoms with E-state index in [0.717, 1.165) is 12.1 Å². The molecule has 0 aliphatic rings. The summed E-state index contributed by atoms with van der Waals surface area (Å²) in [4.78, 5) is 16.7. The fraction of sp³-hybridized carbons (Fsp3) is 0.111. The molecule has 9 heteroatoms. The lowest BCUT2D eigenvalue weighted by Crippen LogP contribution is -2.28. The fourth-order valence-electron chi connectivity index (χ4n) is 3.34. The molecule has 1 amide bonds. The third kappa shape index (κ3) is 5.93. The average Bonchev–Trinajstić information content (AvgIpc) is 2.86. The van der Waals surface area contributed by atoms with Gasteiger partial charge in [-0.3, -0.25) is 4.79 Å². The summed E-state index contributed by atoms with van der Waals surface area (Å²) in [5.74, 6) is -0.890. The number of rotatable bonds is 9. The van der Waals surface area contributed by atoms with Gasteiger partial charge in [-0.2, -0.15) is 8.78 Å². The van der Waals surface area contributed by atoms with Gasteiger partial charge in [0.2, 0.25) is 0 Å². The van der Waals surface area contributed by atoms with Gasteiger partial charge in [0, 0.05) is 18.0 Å². The number of hydrogen-bond donors (Lipinski definition) is 2. The highest BCUT2D eigenvalue weighted by molar-refractivity contribution is 6.07. The van der Waals surface area contributed by atoms with Crippen molar-refractivity contribution >= 4 is 17.4 Å². The third-order valence-corrected chi connectivity index (χ3v) is 5.01. The molecule has 184 valence electrons. The van der Waals surface area contributed by atoms with E-state index in [9.17, 15) is 18.0 Å². The monoisotopic (exact) mass is 493 g/mol. The maximum Gasteiger partial charge on any atom is 0.354 e. The van der Waals surface area contributed by atoms with Crippen molar-refractivity contribution in [2.45, 2.75) is 13.0 Å². The van der Waals surface area contributed by atoms with Gasteiger partial charge in [0.1, 0.15) is 28.9 Å². The van der Waals surface area contributed by atoms with Gasteiger partial charge in [0.05, 0.1) is 17.7 Å². The summed E-state index contributed by atoms with van der Waals surface area (Å²) in [7, 11) is 0. The van der Waals surface area contributed by atoms with Gasteiger partial charge < -0.3 is 20.1 Å². The number of para-hydroxylation sites is 1. The van der Waals surface area contributed by atoms with Crippen molar-refractivity contribution < 1.29 is 27.4 Å². The van der Waals surface area contributed by atoms with E-state index in [1.54, 1.807) is 31.2 Å². The lowest BCUT2D eigenvalue weighted by Gasteiger charge is -2.21. The Kier molecular flexibility index (Phi) is 7.39. The standard InChI is InChI=1S/C27H22F3N3O3/c1-2-35-21-14-15-23(24(28)17-21)27(29,30)33-25-22(9-6-16-31-25)26(34)32-18-10-12-20(13-11-18)36-19-7-4-3-5-8-19/h3-17H,2H2,1H3,(H,31,33)(H,32,34). The fourth-order valence-corrected chi connectivity index (χ4v) is 3.34. The molecular weight excluding hydrogens is 471 g/mol. The smallest absolute Gasteiger partial charge is 0.354 e. The summed E-state index contributed by atoms with van der Waals surface area (Å²) in [6, 6.07) is 17.7. The molecule has 0 fully saturated rings. The van der Waals surface area contributed by atoms with Gasteiger partial charge in [-0.25, -0.2) is 9.37 Å². The van der Waals surface area contributed by atoms with Crippen molar-refractivity contribution in [1.82, 2.24) is 4.98 Å². The summed E-state index contributed by atoms with van der Waals surface area (Å²) < 4.78 is 55.1. The second-order valence-corrected chi connectivity index (χ2v) is 7.57. The number of amides is 1. The van der Waals surface area contributed by atoms with Crippen LogP contribution in [0.5, 0.6) is 17.2 Å². The Bertz CT molecular complexity index is 1330. The number of ether oxygens (including phenoxy) is 2. The van der Waals surface area contributed by atoms with Crippen LogP contribution in [-0.2, 0) is 6.05 Å². The second kappa shape index (κ2) is 10.8. The minimum Gasteiger partial charge on any atom is -0.494 e. The summed E-state index contributed by atoms with van der Waals surface area (Å²) in [5, 5.41) is 4.53. The number of aromatic nitrogens is 1. The number of benzene rings is 3. The number of nitrogens with zero attached hydrogens (tertiary/aromatic N) is 1. The molecule has 36 heavy (non-hydrogen) atoms. The second-order valence-electron chi connectivity index (χ2n) is 7.57. The molecule has 0 atom stereocenters. The maximum absolute atomic E-state index is 14.9. The van der Waals surface area contributed by atoms with Crippen molar-refractivity contribution in [2.75, 3.05) is 17.2 Å². The zero-order chi connectivity index (χ0) is 25.5. The number of nitrogens with one attached hydrogen (secondary N) is 2. The lowest BCUT2D eigenvalue weighted by molar-refractivity contribution is 0.0241. The van der Waals surface area contributed by atoms with E-state index < -0.39 is 29.2 Å². The van der Waals surface area contributed by atoms with Crippen LogP contribution in [0.15, 0.2) is 91.1 Å². The van der Waals surface area contributed by atoms with E-state index in [0.29, 0.717) is 17.2 Å². The van der Waals surface area contributed by atoms with Crippen LogP contribution in [0.25, 0.3) is 0 Å². The minimum absolute atomic E-state index is 0.132. The Balaban J connectivity index is 1.48. The highest BCUT2D eigenvalue weighted by Gasteiger charge is 2.36. The zero-order valence-corrected chi connectivity index (χ0v) is 19.2. The molecule has 3 aromatic carbocycles. The number of alkyl halides is 2. The molecule has 1 heterocycles.